The highest BCUT2D eigenvalue weighted by Gasteiger charge is 2.15. The van der Waals surface area contributed by atoms with Gasteiger partial charge in [-0.1, -0.05) is 18.2 Å². The van der Waals surface area contributed by atoms with Gasteiger partial charge in [0.2, 0.25) is 0 Å². The topological polar surface area (TPSA) is 61.8 Å². The molecular formula is C11H13N3O. The van der Waals surface area contributed by atoms with E-state index in [0.29, 0.717) is 5.69 Å². The fraction of sp³-hybridized carbons (Fsp3) is 0.273. The first kappa shape index (κ1) is 9.86. The fourth-order valence-corrected chi connectivity index (χ4v) is 1.57. The Hall–Kier alpha value is -1.68. The van der Waals surface area contributed by atoms with Crippen LogP contribution in [0.4, 0.5) is 0 Å². The van der Waals surface area contributed by atoms with Crippen molar-refractivity contribution >= 4 is 0 Å². The van der Waals surface area contributed by atoms with Crippen LogP contribution >= 0.6 is 0 Å². The minimum absolute atomic E-state index is 0.545. The highest BCUT2D eigenvalue weighted by Crippen LogP contribution is 2.24. The molecule has 15 heavy (non-hydrogen) atoms. The average Bonchev–Trinajstić information content (AvgIpc) is 2.74. The Balaban J connectivity index is 2.42. The van der Waals surface area contributed by atoms with Crippen LogP contribution in [0.1, 0.15) is 28.5 Å². The molecule has 0 fully saturated rings. The van der Waals surface area contributed by atoms with Crippen LogP contribution in [0.3, 0.4) is 0 Å². The number of aliphatic hydroxyl groups excluding tert-OH is 1. The van der Waals surface area contributed by atoms with Crippen LogP contribution in [-0.2, 0) is 0 Å². The number of nitrogens with one attached hydrogen (secondary N) is 1. The van der Waals surface area contributed by atoms with Crippen LogP contribution in [0.2, 0.25) is 0 Å². The van der Waals surface area contributed by atoms with Gasteiger partial charge in [-0.25, -0.2) is 0 Å². The molecule has 0 saturated heterocycles. The molecule has 2 rings (SSSR count). The van der Waals surface area contributed by atoms with Crippen molar-refractivity contribution in [2.45, 2.75) is 20.0 Å². The number of hydrogen-bond donors (Lipinski definition) is 2. The molecule has 0 spiro atoms. The highest BCUT2D eigenvalue weighted by atomic mass is 16.3. The molecule has 4 nitrogen and oxygen atoms in total. The van der Waals surface area contributed by atoms with E-state index in [1.54, 1.807) is 0 Å². The van der Waals surface area contributed by atoms with Crippen molar-refractivity contribution < 1.29 is 5.11 Å². The Morgan fingerprint density at radius 1 is 1.33 bits per heavy atom. The molecule has 1 unspecified atom stereocenters. The molecule has 0 bridgehead atoms. The predicted molar refractivity (Wildman–Crippen MR) is 56.4 cm³/mol. The van der Waals surface area contributed by atoms with Crippen LogP contribution in [0.5, 0.6) is 0 Å². The summed E-state index contributed by atoms with van der Waals surface area (Å²) in [7, 11) is 0. The number of H-pyrrole nitrogens is 1. The molecule has 1 aromatic heterocycles. The summed E-state index contributed by atoms with van der Waals surface area (Å²) in [6, 6.07) is 5.86. The summed E-state index contributed by atoms with van der Waals surface area (Å²) in [5.41, 5.74) is 3.68. The number of rotatable bonds is 2. The first-order chi connectivity index (χ1) is 7.20. The number of nitrogens with zero attached hydrogens (tertiary/aromatic N) is 2. The first-order valence-electron chi connectivity index (χ1n) is 4.80. The summed E-state index contributed by atoms with van der Waals surface area (Å²) in [6.45, 7) is 4.02. The maximum Gasteiger partial charge on any atom is 0.125 e. The molecule has 4 heteroatoms. The standard InChI is InChI=1S/C11H13N3O/c1-7-4-3-5-9(8(7)2)11(15)10-6-12-14-13-10/h3-6,11,15H,1-2H3,(H,12,13,14). The van der Waals surface area contributed by atoms with E-state index >= 15 is 0 Å². The zero-order valence-electron chi connectivity index (χ0n) is 8.73. The van der Waals surface area contributed by atoms with Crippen LogP contribution in [0, 0.1) is 13.8 Å². The molecule has 0 radical (unpaired) electrons. The number of aliphatic hydroxyl groups is 1. The predicted octanol–water partition coefficient (Wildman–Crippen LogP) is 1.50. The average molecular weight is 203 g/mol. The van der Waals surface area contributed by atoms with E-state index in [9.17, 15) is 5.11 Å². The second-order valence-electron chi connectivity index (χ2n) is 3.59. The first-order valence-corrected chi connectivity index (χ1v) is 4.80. The Kier molecular flexibility index (Phi) is 2.51. The SMILES string of the molecule is Cc1cccc(C(O)c2cn[nH]n2)c1C. The van der Waals surface area contributed by atoms with Gasteiger partial charge in [-0.15, -0.1) is 0 Å². The van der Waals surface area contributed by atoms with E-state index in [1.165, 1.54) is 6.20 Å². The van der Waals surface area contributed by atoms with Crippen molar-refractivity contribution in [2.75, 3.05) is 0 Å². The second-order valence-corrected chi connectivity index (χ2v) is 3.59. The molecule has 1 atom stereocenters. The van der Waals surface area contributed by atoms with Crippen molar-refractivity contribution in [3.05, 3.63) is 46.8 Å². The fourth-order valence-electron chi connectivity index (χ4n) is 1.57. The summed E-state index contributed by atoms with van der Waals surface area (Å²) in [5.74, 6) is 0. The van der Waals surface area contributed by atoms with E-state index in [-0.39, 0.29) is 0 Å². The smallest absolute Gasteiger partial charge is 0.125 e. The maximum absolute atomic E-state index is 10.1. The zero-order chi connectivity index (χ0) is 10.8. The molecule has 0 aliphatic carbocycles. The van der Waals surface area contributed by atoms with E-state index in [4.69, 9.17) is 0 Å². The van der Waals surface area contributed by atoms with Gasteiger partial charge >= 0.3 is 0 Å². The van der Waals surface area contributed by atoms with Gasteiger partial charge in [0.1, 0.15) is 11.8 Å². The van der Waals surface area contributed by atoms with Crippen LogP contribution < -0.4 is 0 Å². The lowest BCUT2D eigenvalue weighted by atomic mass is 9.98. The van der Waals surface area contributed by atoms with Crippen LogP contribution in [0.15, 0.2) is 24.4 Å². The van der Waals surface area contributed by atoms with Gasteiger partial charge in [-0.3, -0.25) is 0 Å². The van der Waals surface area contributed by atoms with Gasteiger partial charge in [-0.05, 0) is 30.5 Å². The quantitative estimate of drug-likeness (QED) is 0.777. The number of aryl methyl sites for hydroxylation is 1. The van der Waals surface area contributed by atoms with Crippen molar-refractivity contribution in [1.29, 1.82) is 0 Å². The number of benzene rings is 1. The van der Waals surface area contributed by atoms with Gasteiger partial charge in [0.25, 0.3) is 0 Å². The Morgan fingerprint density at radius 2 is 2.13 bits per heavy atom. The van der Waals surface area contributed by atoms with Gasteiger partial charge < -0.3 is 5.11 Å². The minimum atomic E-state index is -0.705. The van der Waals surface area contributed by atoms with E-state index in [1.807, 2.05) is 32.0 Å². The lowest BCUT2D eigenvalue weighted by Crippen LogP contribution is -2.03. The molecule has 2 aromatic rings. The highest BCUT2D eigenvalue weighted by molar-refractivity contribution is 5.37. The maximum atomic E-state index is 10.1. The van der Waals surface area contributed by atoms with E-state index < -0.39 is 6.10 Å². The van der Waals surface area contributed by atoms with Crippen LogP contribution in [0.25, 0.3) is 0 Å². The third kappa shape index (κ3) is 1.76. The van der Waals surface area contributed by atoms with E-state index in [0.717, 1.165) is 16.7 Å². The Labute approximate surface area is 88.0 Å². The van der Waals surface area contributed by atoms with Gasteiger partial charge in [-0.2, -0.15) is 15.4 Å². The van der Waals surface area contributed by atoms with E-state index in [2.05, 4.69) is 15.4 Å². The molecule has 78 valence electrons. The van der Waals surface area contributed by atoms with Crippen LogP contribution in [-0.4, -0.2) is 20.5 Å². The third-order valence-electron chi connectivity index (χ3n) is 2.65. The van der Waals surface area contributed by atoms with Crippen molar-refractivity contribution in [3.63, 3.8) is 0 Å². The summed E-state index contributed by atoms with van der Waals surface area (Å²) >= 11 is 0. The molecule has 0 amide bonds. The second kappa shape index (κ2) is 3.82. The lowest BCUT2D eigenvalue weighted by Gasteiger charge is -2.12. The monoisotopic (exact) mass is 203 g/mol. The zero-order valence-corrected chi connectivity index (χ0v) is 8.73. The van der Waals surface area contributed by atoms with Gasteiger partial charge in [0.15, 0.2) is 0 Å². The number of aromatic nitrogens is 3. The molecule has 2 N–H and O–H groups in total. The number of hydrogen-bond acceptors (Lipinski definition) is 3. The normalized spacial score (nSPS) is 12.7. The molecular weight excluding hydrogens is 190 g/mol. The summed E-state index contributed by atoms with van der Waals surface area (Å²) < 4.78 is 0. The van der Waals surface area contributed by atoms with Crippen molar-refractivity contribution in [2.24, 2.45) is 0 Å². The largest absolute Gasteiger partial charge is 0.382 e. The molecule has 0 aliphatic rings. The Bertz CT molecular complexity index is 451. The Morgan fingerprint density at radius 3 is 2.80 bits per heavy atom. The van der Waals surface area contributed by atoms with Crippen molar-refractivity contribution in [1.82, 2.24) is 15.4 Å². The third-order valence-corrected chi connectivity index (χ3v) is 2.65. The lowest BCUT2D eigenvalue weighted by molar-refractivity contribution is 0.214. The summed E-state index contributed by atoms with van der Waals surface area (Å²) in [5, 5.41) is 20.1. The number of aromatic amines is 1. The van der Waals surface area contributed by atoms with Crippen molar-refractivity contribution in [3.8, 4) is 0 Å². The molecule has 0 saturated carbocycles. The minimum Gasteiger partial charge on any atom is -0.382 e. The van der Waals surface area contributed by atoms with Gasteiger partial charge in [0, 0.05) is 0 Å². The summed E-state index contributed by atoms with van der Waals surface area (Å²) in [6.07, 6.45) is 0.829. The molecule has 1 heterocycles. The van der Waals surface area contributed by atoms with Gasteiger partial charge in [0.05, 0.1) is 6.20 Å². The molecule has 1 aromatic carbocycles. The summed E-state index contributed by atoms with van der Waals surface area (Å²) in [4.78, 5) is 0. The molecule has 0 aliphatic heterocycles.